The van der Waals surface area contributed by atoms with Crippen molar-refractivity contribution in [2.75, 3.05) is 11.4 Å². The van der Waals surface area contributed by atoms with Gasteiger partial charge in [-0.05, 0) is 48.2 Å². The van der Waals surface area contributed by atoms with Crippen molar-refractivity contribution in [2.45, 2.75) is 25.6 Å². The molecule has 5 nitrogen and oxygen atoms in total. The predicted octanol–water partition coefficient (Wildman–Crippen LogP) is 5.06. The van der Waals surface area contributed by atoms with E-state index >= 15 is 0 Å². The molecule has 34 heavy (non-hydrogen) atoms. The SMILES string of the molecule is O=C(c1nn(Cc2ccccc2)c(=O)c2ccccc12)N1CCCc2cc(C(F)(F)F)ccc21. The van der Waals surface area contributed by atoms with Crippen LogP contribution in [-0.2, 0) is 19.1 Å². The Labute approximate surface area is 193 Å². The molecular weight excluding hydrogens is 443 g/mol. The monoisotopic (exact) mass is 463 g/mol. The lowest BCUT2D eigenvalue weighted by atomic mass is 9.98. The summed E-state index contributed by atoms with van der Waals surface area (Å²) in [6, 6.07) is 19.5. The van der Waals surface area contributed by atoms with E-state index in [0.29, 0.717) is 41.4 Å². The number of rotatable bonds is 3. The van der Waals surface area contributed by atoms with Crippen molar-refractivity contribution in [3.63, 3.8) is 0 Å². The summed E-state index contributed by atoms with van der Waals surface area (Å²) in [6.07, 6.45) is -3.47. The Kier molecular flexibility index (Phi) is 5.43. The highest BCUT2D eigenvalue weighted by atomic mass is 19.4. The molecule has 4 aromatic rings. The number of aryl methyl sites for hydroxylation is 1. The molecule has 0 N–H and O–H groups in total. The summed E-state index contributed by atoms with van der Waals surface area (Å²) < 4.78 is 40.8. The molecule has 5 rings (SSSR count). The number of nitrogens with zero attached hydrogens (tertiary/aromatic N) is 3. The molecule has 1 amide bonds. The van der Waals surface area contributed by atoms with E-state index < -0.39 is 17.6 Å². The first kappa shape index (κ1) is 21.9. The Hall–Kier alpha value is -3.94. The van der Waals surface area contributed by atoms with Crippen LogP contribution in [0.3, 0.4) is 0 Å². The second-order valence-electron chi connectivity index (χ2n) is 8.24. The zero-order valence-corrected chi connectivity index (χ0v) is 18.0. The van der Waals surface area contributed by atoms with Crippen molar-refractivity contribution in [1.29, 1.82) is 0 Å². The number of alkyl halides is 3. The minimum atomic E-state index is -4.45. The summed E-state index contributed by atoms with van der Waals surface area (Å²) in [4.78, 5) is 28.2. The van der Waals surface area contributed by atoms with E-state index in [0.717, 1.165) is 17.7 Å². The van der Waals surface area contributed by atoms with Gasteiger partial charge in [0.2, 0.25) is 0 Å². The lowest BCUT2D eigenvalue weighted by Gasteiger charge is -2.30. The van der Waals surface area contributed by atoms with Gasteiger partial charge in [0.15, 0.2) is 5.69 Å². The van der Waals surface area contributed by atoms with Gasteiger partial charge in [0.1, 0.15) is 0 Å². The lowest BCUT2D eigenvalue weighted by Crippen LogP contribution is -2.38. The van der Waals surface area contributed by atoms with Crippen LogP contribution in [0.25, 0.3) is 10.8 Å². The Morgan fingerprint density at radius 3 is 2.38 bits per heavy atom. The van der Waals surface area contributed by atoms with Gasteiger partial charge >= 0.3 is 6.18 Å². The van der Waals surface area contributed by atoms with E-state index in [2.05, 4.69) is 5.10 Å². The van der Waals surface area contributed by atoms with Crippen LogP contribution in [0.15, 0.2) is 77.6 Å². The van der Waals surface area contributed by atoms with Gasteiger partial charge in [-0.2, -0.15) is 18.3 Å². The summed E-state index contributed by atoms with van der Waals surface area (Å²) in [7, 11) is 0. The Balaban J connectivity index is 1.61. The molecule has 0 spiro atoms. The fourth-order valence-corrected chi connectivity index (χ4v) is 4.37. The molecule has 172 valence electrons. The zero-order chi connectivity index (χ0) is 23.9. The maximum atomic E-state index is 13.7. The van der Waals surface area contributed by atoms with Gasteiger partial charge < -0.3 is 4.90 Å². The maximum Gasteiger partial charge on any atom is 0.416 e. The van der Waals surface area contributed by atoms with Gasteiger partial charge in [-0.1, -0.05) is 48.5 Å². The number of hydrogen-bond donors (Lipinski definition) is 0. The zero-order valence-electron chi connectivity index (χ0n) is 18.0. The van der Waals surface area contributed by atoms with Crippen LogP contribution in [0.5, 0.6) is 0 Å². The van der Waals surface area contributed by atoms with Gasteiger partial charge in [-0.15, -0.1) is 0 Å². The van der Waals surface area contributed by atoms with Crippen molar-refractivity contribution < 1.29 is 18.0 Å². The van der Waals surface area contributed by atoms with E-state index in [1.165, 1.54) is 15.6 Å². The number of carbonyl (C=O) groups excluding carboxylic acids is 1. The molecule has 0 unspecified atom stereocenters. The van der Waals surface area contributed by atoms with Crippen molar-refractivity contribution in [2.24, 2.45) is 0 Å². The average Bonchev–Trinajstić information content (AvgIpc) is 2.85. The number of aromatic nitrogens is 2. The summed E-state index contributed by atoms with van der Waals surface area (Å²) >= 11 is 0. The largest absolute Gasteiger partial charge is 0.416 e. The fourth-order valence-electron chi connectivity index (χ4n) is 4.37. The van der Waals surface area contributed by atoms with Crippen LogP contribution < -0.4 is 10.5 Å². The minimum Gasteiger partial charge on any atom is -0.307 e. The van der Waals surface area contributed by atoms with E-state index in [1.54, 1.807) is 24.3 Å². The molecule has 3 aromatic carbocycles. The molecule has 1 aliphatic heterocycles. The third-order valence-electron chi connectivity index (χ3n) is 6.02. The molecule has 0 aliphatic carbocycles. The first-order valence-electron chi connectivity index (χ1n) is 10.9. The molecule has 1 aliphatic rings. The van der Waals surface area contributed by atoms with Crippen LogP contribution in [0.4, 0.5) is 18.9 Å². The first-order valence-corrected chi connectivity index (χ1v) is 10.9. The topological polar surface area (TPSA) is 55.2 Å². The van der Waals surface area contributed by atoms with Gasteiger partial charge in [0, 0.05) is 17.6 Å². The van der Waals surface area contributed by atoms with E-state index in [4.69, 9.17) is 0 Å². The lowest BCUT2D eigenvalue weighted by molar-refractivity contribution is -0.137. The second-order valence-corrected chi connectivity index (χ2v) is 8.24. The standard InChI is InChI=1S/C26H20F3N3O2/c27-26(28,29)19-12-13-22-18(15-19)9-6-14-31(22)25(34)23-20-10-4-5-11-21(20)24(33)32(30-23)16-17-7-2-1-3-8-17/h1-5,7-8,10-13,15H,6,9,14,16H2. The molecule has 0 saturated heterocycles. The van der Waals surface area contributed by atoms with E-state index in [-0.39, 0.29) is 17.8 Å². The number of amides is 1. The van der Waals surface area contributed by atoms with Crippen LogP contribution in [0, 0.1) is 0 Å². The van der Waals surface area contributed by atoms with Crippen LogP contribution in [-0.4, -0.2) is 22.2 Å². The molecule has 0 bridgehead atoms. The maximum absolute atomic E-state index is 13.7. The minimum absolute atomic E-state index is 0.0962. The predicted molar refractivity (Wildman–Crippen MR) is 123 cm³/mol. The summed E-state index contributed by atoms with van der Waals surface area (Å²) in [5.41, 5.74) is 0.810. The van der Waals surface area contributed by atoms with E-state index in [9.17, 15) is 22.8 Å². The number of anilines is 1. The molecule has 1 aromatic heterocycles. The molecule has 8 heteroatoms. The second kappa shape index (κ2) is 8.44. The number of hydrogen-bond acceptors (Lipinski definition) is 3. The summed E-state index contributed by atoms with van der Waals surface area (Å²) in [6.45, 7) is 0.543. The summed E-state index contributed by atoms with van der Waals surface area (Å²) in [5.74, 6) is -0.446. The van der Waals surface area contributed by atoms with Crippen LogP contribution in [0.2, 0.25) is 0 Å². The first-order chi connectivity index (χ1) is 16.3. The normalized spacial score (nSPS) is 13.7. The summed E-state index contributed by atoms with van der Waals surface area (Å²) in [5, 5.41) is 5.21. The quantitative estimate of drug-likeness (QED) is 0.427. The van der Waals surface area contributed by atoms with Gasteiger partial charge in [-0.3, -0.25) is 9.59 Å². The van der Waals surface area contributed by atoms with Crippen molar-refractivity contribution in [1.82, 2.24) is 9.78 Å². The number of fused-ring (bicyclic) bond motifs is 2. The molecule has 0 radical (unpaired) electrons. The van der Waals surface area contributed by atoms with Gasteiger partial charge in [-0.25, -0.2) is 4.68 Å². The molecular formula is C26H20F3N3O2. The van der Waals surface area contributed by atoms with Crippen LogP contribution in [0.1, 0.15) is 33.6 Å². The molecule has 0 fully saturated rings. The van der Waals surface area contributed by atoms with Gasteiger partial charge in [0.25, 0.3) is 11.5 Å². The highest BCUT2D eigenvalue weighted by Crippen LogP contribution is 2.35. The molecule has 2 heterocycles. The smallest absolute Gasteiger partial charge is 0.307 e. The van der Waals surface area contributed by atoms with Gasteiger partial charge in [0.05, 0.1) is 17.5 Å². The molecule has 0 atom stereocenters. The van der Waals surface area contributed by atoms with Crippen molar-refractivity contribution >= 4 is 22.4 Å². The average molecular weight is 463 g/mol. The fraction of sp³-hybridized carbons (Fsp3) is 0.192. The third-order valence-corrected chi connectivity index (χ3v) is 6.02. The Morgan fingerprint density at radius 2 is 1.65 bits per heavy atom. The van der Waals surface area contributed by atoms with Crippen LogP contribution >= 0.6 is 0 Å². The Bertz CT molecular complexity index is 1450. The van der Waals surface area contributed by atoms with Crippen molar-refractivity contribution in [3.05, 3.63) is 106 Å². The van der Waals surface area contributed by atoms with E-state index in [1.807, 2.05) is 30.3 Å². The Morgan fingerprint density at radius 1 is 0.941 bits per heavy atom. The molecule has 0 saturated carbocycles. The highest BCUT2D eigenvalue weighted by molar-refractivity contribution is 6.12. The number of carbonyl (C=O) groups is 1. The number of benzene rings is 3. The third kappa shape index (κ3) is 3.96. The highest BCUT2D eigenvalue weighted by Gasteiger charge is 2.33. The number of halogens is 3. The van der Waals surface area contributed by atoms with Crippen molar-refractivity contribution in [3.8, 4) is 0 Å².